The molecule has 0 aromatic heterocycles. The van der Waals surface area contributed by atoms with Crippen LogP contribution in [-0.4, -0.2) is 27.2 Å². The summed E-state index contributed by atoms with van der Waals surface area (Å²) in [5.41, 5.74) is 5.39. The monoisotopic (exact) mass is 353 g/mol. The molecule has 0 bridgehead atoms. The number of ether oxygens (including phenoxy) is 2. The van der Waals surface area contributed by atoms with Gasteiger partial charge in [-0.2, -0.15) is 0 Å². The number of aryl methyl sites for hydroxylation is 2. The van der Waals surface area contributed by atoms with Crippen molar-refractivity contribution < 1.29 is 9.47 Å². The third kappa shape index (κ3) is 4.28. The highest BCUT2D eigenvalue weighted by atomic mass is 16.5. The van der Waals surface area contributed by atoms with Gasteiger partial charge in [-0.05, 0) is 53.6 Å². The number of hydrogen-bond donors (Lipinski definition) is 2. The summed E-state index contributed by atoms with van der Waals surface area (Å²) in [7, 11) is 5.07. The van der Waals surface area contributed by atoms with Crippen molar-refractivity contribution in [2.75, 3.05) is 21.3 Å². The lowest BCUT2D eigenvalue weighted by Crippen LogP contribution is -2.36. The summed E-state index contributed by atoms with van der Waals surface area (Å²) in [6.07, 6.45) is 3.70. The molecule has 138 valence electrons. The Balaban J connectivity index is 1.55. The quantitative estimate of drug-likeness (QED) is 0.619. The molecule has 1 aliphatic rings. The normalized spacial score (nSPS) is 13.3. The molecule has 3 rings (SSSR count). The molecule has 2 aromatic carbocycles. The van der Waals surface area contributed by atoms with Crippen molar-refractivity contribution in [1.82, 2.24) is 10.6 Å². The van der Waals surface area contributed by atoms with E-state index in [2.05, 4.69) is 33.8 Å². The van der Waals surface area contributed by atoms with Crippen LogP contribution in [0.2, 0.25) is 0 Å². The van der Waals surface area contributed by atoms with Gasteiger partial charge in [-0.1, -0.05) is 24.3 Å². The Hall–Kier alpha value is -2.69. The van der Waals surface area contributed by atoms with E-state index in [1.807, 2.05) is 18.2 Å². The van der Waals surface area contributed by atoms with Crippen molar-refractivity contribution in [2.24, 2.45) is 4.99 Å². The van der Waals surface area contributed by atoms with Crippen LogP contribution in [0.3, 0.4) is 0 Å². The van der Waals surface area contributed by atoms with Crippen LogP contribution in [0, 0.1) is 0 Å². The Morgan fingerprint density at radius 3 is 2.23 bits per heavy atom. The van der Waals surface area contributed by atoms with E-state index in [9.17, 15) is 0 Å². The van der Waals surface area contributed by atoms with Gasteiger partial charge in [0.15, 0.2) is 17.5 Å². The lowest BCUT2D eigenvalue weighted by atomic mass is 10.1. The molecule has 1 aliphatic carbocycles. The molecule has 5 nitrogen and oxygen atoms in total. The highest BCUT2D eigenvalue weighted by Gasteiger charge is 2.11. The lowest BCUT2D eigenvalue weighted by Gasteiger charge is -2.14. The first kappa shape index (κ1) is 18.1. The van der Waals surface area contributed by atoms with Gasteiger partial charge in [0.2, 0.25) is 0 Å². The third-order valence-electron chi connectivity index (χ3n) is 4.75. The maximum atomic E-state index is 5.35. The SMILES string of the molecule is CN=C(NCc1ccc2c(c1)CCC2)NCc1ccc(OC)c(OC)c1. The molecule has 26 heavy (non-hydrogen) atoms. The van der Waals surface area contributed by atoms with Crippen molar-refractivity contribution in [2.45, 2.75) is 32.4 Å². The average Bonchev–Trinajstić information content (AvgIpc) is 3.15. The first-order valence-corrected chi connectivity index (χ1v) is 8.99. The highest BCUT2D eigenvalue weighted by Crippen LogP contribution is 2.27. The number of rotatable bonds is 6. The fourth-order valence-corrected chi connectivity index (χ4v) is 3.32. The largest absolute Gasteiger partial charge is 0.493 e. The lowest BCUT2D eigenvalue weighted by molar-refractivity contribution is 0.354. The molecule has 2 aromatic rings. The Kier molecular flexibility index (Phi) is 6.00. The summed E-state index contributed by atoms with van der Waals surface area (Å²) in [5, 5.41) is 6.72. The van der Waals surface area contributed by atoms with E-state index in [1.54, 1.807) is 21.3 Å². The number of nitrogens with zero attached hydrogens (tertiary/aromatic N) is 1. The molecule has 0 saturated carbocycles. The second-order valence-electron chi connectivity index (χ2n) is 6.43. The maximum absolute atomic E-state index is 5.35. The van der Waals surface area contributed by atoms with Crippen LogP contribution < -0.4 is 20.1 Å². The molecule has 0 amide bonds. The van der Waals surface area contributed by atoms with Crippen LogP contribution in [0.5, 0.6) is 11.5 Å². The van der Waals surface area contributed by atoms with Crippen molar-refractivity contribution in [3.63, 3.8) is 0 Å². The van der Waals surface area contributed by atoms with Gasteiger partial charge in [-0.3, -0.25) is 4.99 Å². The fraction of sp³-hybridized carbons (Fsp3) is 0.381. The predicted octanol–water partition coefficient (Wildman–Crippen LogP) is 3.06. The summed E-state index contributed by atoms with van der Waals surface area (Å²) in [6, 6.07) is 12.7. The Morgan fingerprint density at radius 2 is 1.54 bits per heavy atom. The van der Waals surface area contributed by atoms with Gasteiger partial charge in [0.1, 0.15) is 0 Å². The van der Waals surface area contributed by atoms with Gasteiger partial charge in [-0.15, -0.1) is 0 Å². The molecule has 0 fully saturated rings. The second-order valence-corrected chi connectivity index (χ2v) is 6.43. The van der Waals surface area contributed by atoms with Crippen molar-refractivity contribution in [3.8, 4) is 11.5 Å². The number of hydrogen-bond acceptors (Lipinski definition) is 3. The van der Waals surface area contributed by atoms with Gasteiger partial charge in [-0.25, -0.2) is 0 Å². The van der Waals surface area contributed by atoms with E-state index in [1.165, 1.54) is 36.0 Å². The number of nitrogens with one attached hydrogen (secondary N) is 2. The van der Waals surface area contributed by atoms with Crippen LogP contribution in [-0.2, 0) is 25.9 Å². The zero-order valence-corrected chi connectivity index (χ0v) is 15.8. The van der Waals surface area contributed by atoms with Gasteiger partial charge in [0.25, 0.3) is 0 Å². The van der Waals surface area contributed by atoms with Crippen LogP contribution in [0.4, 0.5) is 0 Å². The van der Waals surface area contributed by atoms with Gasteiger partial charge < -0.3 is 20.1 Å². The van der Waals surface area contributed by atoms with Crippen LogP contribution in [0.25, 0.3) is 0 Å². The predicted molar refractivity (Wildman–Crippen MR) is 105 cm³/mol. The molecule has 0 radical (unpaired) electrons. The summed E-state index contributed by atoms with van der Waals surface area (Å²) >= 11 is 0. The molecule has 5 heteroatoms. The molecule has 0 aliphatic heterocycles. The zero-order valence-electron chi connectivity index (χ0n) is 15.8. The summed E-state index contributed by atoms with van der Waals surface area (Å²) in [6.45, 7) is 1.42. The summed E-state index contributed by atoms with van der Waals surface area (Å²) in [4.78, 5) is 4.31. The van der Waals surface area contributed by atoms with E-state index >= 15 is 0 Å². The number of aliphatic imine (C=N–C) groups is 1. The molecule has 0 unspecified atom stereocenters. The molecule has 0 spiro atoms. The average molecular weight is 353 g/mol. The van der Waals surface area contributed by atoms with Crippen LogP contribution >= 0.6 is 0 Å². The first-order valence-electron chi connectivity index (χ1n) is 8.99. The summed E-state index contributed by atoms with van der Waals surface area (Å²) in [5.74, 6) is 2.24. The standard InChI is InChI=1S/C21H27N3O2/c1-22-21(23-13-15-7-9-17-5-4-6-18(17)11-15)24-14-16-8-10-19(25-2)20(12-16)26-3/h7-12H,4-6,13-14H2,1-3H3,(H2,22,23,24). The third-order valence-corrected chi connectivity index (χ3v) is 4.75. The Morgan fingerprint density at radius 1 is 0.885 bits per heavy atom. The number of fused-ring (bicyclic) bond motifs is 1. The Bertz CT molecular complexity index is 787. The molecule has 0 heterocycles. The van der Waals surface area contributed by atoms with E-state index in [4.69, 9.17) is 9.47 Å². The molecule has 0 atom stereocenters. The smallest absolute Gasteiger partial charge is 0.191 e. The van der Waals surface area contributed by atoms with Crippen LogP contribution in [0.15, 0.2) is 41.4 Å². The van der Waals surface area contributed by atoms with Crippen LogP contribution in [0.1, 0.15) is 28.7 Å². The fourth-order valence-electron chi connectivity index (χ4n) is 3.32. The van der Waals surface area contributed by atoms with Gasteiger partial charge in [0, 0.05) is 20.1 Å². The highest BCUT2D eigenvalue weighted by molar-refractivity contribution is 5.79. The zero-order chi connectivity index (χ0) is 18.4. The molecule has 0 saturated heterocycles. The topological polar surface area (TPSA) is 54.9 Å². The molecular formula is C21H27N3O2. The van der Waals surface area contributed by atoms with Gasteiger partial charge >= 0.3 is 0 Å². The molecular weight excluding hydrogens is 326 g/mol. The summed E-state index contributed by atoms with van der Waals surface area (Å²) < 4.78 is 10.6. The van der Waals surface area contributed by atoms with E-state index in [0.717, 1.165) is 29.6 Å². The number of benzene rings is 2. The maximum Gasteiger partial charge on any atom is 0.191 e. The minimum atomic E-state index is 0.657. The van der Waals surface area contributed by atoms with Crippen molar-refractivity contribution in [1.29, 1.82) is 0 Å². The molecule has 2 N–H and O–H groups in total. The number of guanidine groups is 1. The van der Waals surface area contributed by atoms with E-state index in [0.29, 0.717) is 6.54 Å². The van der Waals surface area contributed by atoms with Crippen molar-refractivity contribution >= 4 is 5.96 Å². The second kappa shape index (κ2) is 8.61. The first-order chi connectivity index (χ1) is 12.7. The van der Waals surface area contributed by atoms with E-state index in [-0.39, 0.29) is 0 Å². The number of methoxy groups -OCH3 is 2. The minimum absolute atomic E-state index is 0.657. The minimum Gasteiger partial charge on any atom is -0.493 e. The van der Waals surface area contributed by atoms with Crippen molar-refractivity contribution in [3.05, 3.63) is 58.7 Å². The van der Waals surface area contributed by atoms with Gasteiger partial charge in [0.05, 0.1) is 14.2 Å². The van der Waals surface area contributed by atoms with E-state index < -0.39 is 0 Å². The Labute approximate surface area is 155 Å².